The second-order valence-electron chi connectivity index (χ2n) is 4.68. The van der Waals surface area contributed by atoms with Crippen molar-refractivity contribution in [1.29, 1.82) is 0 Å². The van der Waals surface area contributed by atoms with Crippen LogP contribution in [0.15, 0.2) is 36.4 Å². The van der Waals surface area contributed by atoms with E-state index in [1.54, 1.807) is 0 Å². The summed E-state index contributed by atoms with van der Waals surface area (Å²) >= 11 is 0. The van der Waals surface area contributed by atoms with Crippen molar-refractivity contribution in [3.63, 3.8) is 0 Å². The van der Waals surface area contributed by atoms with E-state index >= 15 is 0 Å². The summed E-state index contributed by atoms with van der Waals surface area (Å²) in [5.74, 6) is 0.843. The van der Waals surface area contributed by atoms with Crippen molar-refractivity contribution < 1.29 is 0 Å². The highest BCUT2D eigenvalue weighted by atomic mass is 15.2. The quantitative estimate of drug-likeness (QED) is 0.850. The third-order valence-electron chi connectivity index (χ3n) is 2.98. The summed E-state index contributed by atoms with van der Waals surface area (Å²) in [5, 5.41) is 11.7. The van der Waals surface area contributed by atoms with Gasteiger partial charge in [0.25, 0.3) is 0 Å². The van der Waals surface area contributed by atoms with Gasteiger partial charge in [-0.05, 0) is 36.6 Å². The highest BCUT2D eigenvalue weighted by Gasteiger charge is 2.02. The maximum atomic E-state index is 4.29. The SMILES string of the molecule is CCCNc1ccc(-c2cccc(CCC)c2)nn1. The first-order chi connectivity index (χ1) is 9.33. The van der Waals surface area contributed by atoms with E-state index in [0.29, 0.717) is 0 Å². The zero-order chi connectivity index (χ0) is 13.5. The Kier molecular flexibility index (Phi) is 4.90. The molecular formula is C16H21N3. The third-order valence-corrected chi connectivity index (χ3v) is 2.98. The van der Waals surface area contributed by atoms with Gasteiger partial charge in [-0.1, -0.05) is 38.5 Å². The number of anilines is 1. The molecular weight excluding hydrogens is 234 g/mol. The molecule has 1 aromatic heterocycles. The van der Waals surface area contributed by atoms with Crippen molar-refractivity contribution in [1.82, 2.24) is 10.2 Å². The topological polar surface area (TPSA) is 37.8 Å². The Bertz CT molecular complexity index is 506. The molecule has 0 saturated carbocycles. The molecule has 1 N–H and O–H groups in total. The van der Waals surface area contributed by atoms with Crippen LogP contribution < -0.4 is 5.32 Å². The van der Waals surface area contributed by atoms with Gasteiger partial charge in [-0.2, -0.15) is 0 Å². The number of nitrogens with zero attached hydrogens (tertiary/aromatic N) is 2. The lowest BCUT2D eigenvalue weighted by Crippen LogP contribution is -2.02. The lowest BCUT2D eigenvalue weighted by atomic mass is 10.0. The fourth-order valence-corrected chi connectivity index (χ4v) is 2.01. The Morgan fingerprint density at radius 3 is 2.58 bits per heavy atom. The highest BCUT2D eigenvalue weighted by Crippen LogP contribution is 2.19. The van der Waals surface area contributed by atoms with Gasteiger partial charge < -0.3 is 5.32 Å². The highest BCUT2D eigenvalue weighted by molar-refractivity contribution is 5.60. The lowest BCUT2D eigenvalue weighted by Gasteiger charge is -2.05. The fourth-order valence-electron chi connectivity index (χ4n) is 2.01. The molecule has 0 aliphatic heterocycles. The number of benzene rings is 1. The molecule has 0 bridgehead atoms. The predicted molar refractivity (Wildman–Crippen MR) is 80.2 cm³/mol. The van der Waals surface area contributed by atoms with Crippen LogP contribution >= 0.6 is 0 Å². The molecule has 0 aliphatic rings. The summed E-state index contributed by atoms with van der Waals surface area (Å²) in [6.07, 6.45) is 3.36. The first-order valence-corrected chi connectivity index (χ1v) is 7.00. The summed E-state index contributed by atoms with van der Waals surface area (Å²) in [6.45, 7) is 5.26. The number of rotatable bonds is 6. The van der Waals surface area contributed by atoms with Crippen LogP contribution in [0.3, 0.4) is 0 Å². The fraction of sp³-hybridized carbons (Fsp3) is 0.375. The predicted octanol–water partition coefficient (Wildman–Crippen LogP) is 3.92. The van der Waals surface area contributed by atoms with Gasteiger partial charge in [0.05, 0.1) is 5.69 Å². The molecule has 0 amide bonds. The minimum absolute atomic E-state index is 0.843. The molecule has 0 fully saturated rings. The van der Waals surface area contributed by atoms with Crippen LogP contribution in [0.25, 0.3) is 11.3 Å². The van der Waals surface area contributed by atoms with E-state index in [1.165, 1.54) is 5.56 Å². The molecule has 19 heavy (non-hydrogen) atoms. The minimum atomic E-state index is 0.843. The Labute approximate surface area is 115 Å². The van der Waals surface area contributed by atoms with Crippen molar-refractivity contribution >= 4 is 5.82 Å². The summed E-state index contributed by atoms with van der Waals surface area (Å²) in [4.78, 5) is 0. The number of nitrogens with one attached hydrogen (secondary N) is 1. The van der Waals surface area contributed by atoms with E-state index < -0.39 is 0 Å². The van der Waals surface area contributed by atoms with Gasteiger partial charge >= 0.3 is 0 Å². The van der Waals surface area contributed by atoms with Crippen LogP contribution in [0.4, 0.5) is 5.82 Å². The van der Waals surface area contributed by atoms with Gasteiger partial charge in [-0.15, -0.1) is 10.2 Å². The van der Waals surface area contributed by atoms with Crippen LogP contribution in [0.5, 0.6) is 0 Å². The number of hydrogen-bond acceptors (Lipinski definition) is 3. The molecule has 100 valence electrons. The average molecular weight is 255 g/mol. The largest absolute Gasteiger partial charge is 0.369 e. The second kappa shape index (κ2) is 6.88. The van der Waals surface area contributed by atoms with Gasteiger partial charge in [-0.25, -0.2) is 0 Å². The van der Waals surface area contributed by atoms with Crippen molar-refractivity contribution in [3.05, 3.63) is 42.0 Å². The minimum Gasteiger partial charge on any atom is -0.369 e. The van der Waals surface area contributed by atoms with Crippen LogP contribution in [-0.2, 0) is 6.42 Å². The standard InChI is InChI=1S/C16H21N3/c1-3-6-13-7-5-8-14(12-13)15-9-10-16(19-18-15)17-11-4-2/h5,7-10,12H,3-4,6,11H2,1-2H3,(H,17,19). The molecule has 0 spiro atoms. The second-order valence-corrected chi connectivity index (χ2v) is 4.68. The van der Waals surface area contributed by atoms with Crippen molar-refractivity contribution in [2.24, 2.45) is 0 Å². The third kappa shape index (κ3) is 3.78. The van der Waals surface area contributed by atoms with Crippen LogP contribution in [0.2, 0.25) is 0 Å². The molecule has 0 saturated heterocycles. The molecule has 3 nitrogen and oxygen atoms in total. The Morgan fingerprint density at radius 1 is 1.00 bits per heavy atom. The molecule has 0 unspecified atom stereocenters. The van der Waals surface area contributed by atoms with Gasteiger partial charge in [0.2, 0.25) is 0 Å². The first kappa shape index (κ1) is 13.5. The Hall–Kier alpha value is -1.90. The average Bonchev–Trinajstić information content (AvgIpc) is 2.46. The Balaban J connectivity index is 2.14. The molecule has 2 rings (SSSR count). The van der Waals surface area contributed by atoms with E-state index in [2.05, 4.69) is 53.6 Å². The molecule has 0 aliphatic carbocycles. The monoisotopic (exact) mass is 255 g/mol. The van der Waals surface area contributed by atoms with Crippen molar-refractivity contribution in [2.75, 3.05) is 11.9 Å². The first-order valence-electron chi connectivity index (χ1n) is 7.00. The smallest absolute Gasteiger partial charge is 0.148 e. The van der Waals surface area contributed by atoms with E-state index in [-0.39, 0.29) is 0 Å². The number of hydrogen-bond donors (Lipinski definition) is 1. The maximum absolute atomic E-state index is 4.29. The zero-order valence-corrected chi connectivity index (χ0v) is 11.7. The van der Waals surface area contributed by atoms with Gasteiger partial charge in [0, 0.05) is 12.1 Å². The summed E-state index contributed by atoms with van der Waals surface area (Å²) in [5.41, 5.74) is 3.43. The van der Waals surface area contributed by atoms with E-state index in [0.717, 1.165) is 42.9 Å². The normalized spacial score (nSPS) is 10.4. The summed E-state index contributed by atoms with van der Waals surface area (Å²) in [7, 11) is 0. The molecule has 0 radical (unpaired) electrons. The zero-order valence-electron chi connectivity index (χ0n) is 11.7. The molecule has 1 aromatic carbocycles. The summed E-state index contributed by atoms with van der Waals surface area (Å²) < 4.78 is 0. The summed E-state index contributed by atoms with van der Waals surface area (Å²) in [6, 6.07) is 12.6. The van der Waals surface area contributed by atoms with Crippen LogP contribution in [0.1, 0.15) is 32.3 Å². The maximum Gasteiger partial charge on any atom is 0.148 e. The number of aromatic nitrogens is 2. The van der Waals surface area contributed by atoms with E-state index in [9.17, 15) is 0 Å². The Morgan fingerprint density at radius 2 is 1.89 bits per heavy atom. The molecule has 0 atom stereocenters. The van der Waals surface area contributed by atoms with E-state index in [1.807, 2.05) is 12.1 Å². The van der Waals surface area contributed by atoms with Gasteiger partial charge in [0.15, 0.2) is 0 Å². The van der Waals surface area contributed by atoms with Gasteiger partial charge in [0.1, 0.15) is 5.82 Å². The molecule has 3 heteroatoms. The van der Waals surface area contributed by atoms with Crippen molar-refractivity contribution in [3.8, 4) is 11.3 Å². The molecule has 2 aromatic rings. The molecule has 1 heterocycles. The van der Waals surface area contributed by atoms with Gasteiger partial charge in [-0.3, -0.25) is 0 Å². The van der Waals surface area contributed by atoms with E-state index in [4.69, 9.17) is 0 Å². The van der Waals surface area contributed by atoms with Crippen LogP contribution in [-0.4, -0.2) is 16.7 Å². The number of aryl methyl sites for hydroxylation is 1. The van der Waals surface area contributed by atoms with Crippen LogP contribution in [0, 0.1) is 0 Å². The van der Waals surface area contributed by atoms with Crippen molar-refractivity contribution in [2.45, 2.75) is 33.1 Å². The lowest BCUT2D eigenvalue weighted by molar-refractivity contribution is 0.921.